The lowest BCUT2D eigenvalue weighted by Gasteiger charge is -2.07. The first kappa shape index (κ1) is 13.6. The van der Waals surface area contributed by atoms with E-state index < -0.39 is 0 Å². The van der Waals surface area contributed by atoms with Crippen LogP contribution < -0.4 is 5.73 Å². The van der Waals surface area contributed by atoms with Crippen LogP contribution in [0.2, 0.25) is 0 Å². The van der Waals surface area contributed by atoms with E-state index in [0.29, 0.717) is 13.2 Å². The minimum absolute atomic E-state index is 0.0314. The molecule has 0 saturated heterocycles. The molecule has 0 bridgehead atoms. The number of nitrogens with zero attached hydrogens (tertiary/aromatic N) is 1. The van der Waals surface area contributed by atoms with Crippen LogP contribution in [0, 0.1) is 0 Å². The maximum atomic E-state index is 5.97. The molecule has 0 aliphatic carbocycles. The van der Waals surface area contributed by atoms with E-state index in [1.807, 2.05) is 5.38 Å². The Morgan fingerprint density at radius 1 is 1.50 bits per heavy atom. The fourth-order valence-electron chi connectivity index (χ4n) is 1.26. The Bertz CT molecular complexity index is 291. The molecular weight excluding hydrogens is 224 g/mol. The van der Waals surface area contributed by atoms with Crippen molar-refractivity contribution in [3.8, 4) is 0 Å². The van der Waals surface area contributed by atoms with Gasteiger partial charge in [0.25, 0.3) is 0 Å². The molecule has 4 nitrogen and oxygen atoms in total. The molecule has 0 amide bonds. The number of thiazole rings is 1. The average Bonchev–Trinajstić information content (AvgIpc) is 2.75. The number of rotatable bonds is 8. The van der Waals surface area contributed by atoms with Crippen LogP contribution in [0.3, 0.4) is 0 Å². The molecular formula is C11H20N2O2S. The minimum atomic E-state index is -0.0314. The van der Waals surface area contributed by atoms with Crippen LogP contribution in [0.4, 0.5) is 0 Å². The Hall–Kier alpha value is -0.490. The first-order valence-electron chi connectivity index (χ1n) is 5.54. The molecule has 5 heteroatoms. The summed E-state index contributed by atoms with van der Waals surface area (Å²) < 4.78 is 10.4. The van der Waals surface area contributed by atoms with E-state index in [2.05, 4.69) is 11.9 Å². The number of nitrogens with two attached hydrogens (primary N) is 1. The number of hydrogen-bond acceptors (Lipinski definition) is 5. The van der Waals surface area contributed by atoms with Crippen LogP contribution in [0.25, 0.3) is 0 Å². The molecule has 1 rings (SSSR count). The second kappa shape index (κ2) is 7.73. The number of hydrogen-bond donors (Lipinski definition) is 1. The summed E-state index contributed by atoms with van der Waals surface area (Å²) in [6.07, 6.45) is 1.83. The lowest BCUT2D eigenvalue weighted by molar-refractivity contribution is 0.121. The van der Waals surface area contributed by atoms with Gasteiger partial charge in [0.1, 0.15) is 5.01 Å². The predicted molar refractivity (Wildman–Crippen MR) is 65.5 cm³/mol. The van der Waals surface area contributed by atoms with Gasteiger partial charge in [-0.25, -0.2) is 4.98 Å². The van der Waals surface area contributed by atoms with Gasteiger partial charge in [-0.2, -0.15) is 0 Å². The third-order valence-corrected chi connectivity index (χ3v) is 3.00. The molecule has 1 atom stereocenters. The molecule has 1 heterocycles. The predicted octanol–water partition coefficient (Wildman–Crippen LogP) is 2.11. The van der Waals surface area contributed by atoms with E-state index in [9.17, 15) is 0 Å². The SMILES string of the molecule is CCCOCc1nc(C(N)CCOC)cs1. The second-order valence-electron chi connectivity index (χ2n) is 3.61. The standard InChI is InChI=1S/C11H20N2O2S/c1-3-5-15-7-11-13-10(8-16-11)9(12)4-6-14-2/h8-9H,3-7,12H2,1-2H3. The van der Waals surface area contributed by atoms with Crippen molar-refractivity contribution in [3.05, 3.63) is 16.1 Å². The highest BCUT2D eigenvalue weighted by Gasteiger charge is 2.10. The Morgan fingerprint density at radius 2 is 2.31 bits per heavy atom. The van der Waals surface area contributed by atoms with Gasteiger partial charge in [0, 0.05) is 25.7 Å². The number of ether oxygens (including phenoxy) is 2. The van der Waals surface area contributed by atoms with Gasteiger partial charge in [0.05, 0.1) is 18.3 Å². The Balaban J connectivity index is 2.37. The number of aromatic nitrogens is 1. The summed E-state index contributed by atoms with van der Waals surface area (Å²) in [5, 5.41) is 3.00. The van der Waals surface area contributed by atoms with Crippen molar-refractivity contribution in [2.24, 2.45) is 5.73 Å². The summed E-state index contributed by atoms with van der Waals surface area (Å²) in [5.41, 5.74) is 6.91. The largest absolute Gasteiger partial charge is 0.385 e. The van der Waals surface area contributed by atoms with Crippen molar-refractivity contribution >= 4 is 11.3 Å². The highest BCUT2D eigenvalue weighted by Crippen LogP contribution is 2.18. The van der Waals surface area contributed by atoms with E-state index in [1.165, 1.54) is 0 Å². The molecule has 2 N–H and O–H groups in total. The Labute approximate surface area is 101 Å². The van der Waals surface area contributed by atoms with Crippen molar-refractivity contribution < 1.29 is 9.47 Å². The van der Waals surface area contributed by atoms with E-state index in [4.69, 9.17) is 15.2 Å². The lowest BCUT2D eigenvalue weighted by Crippen LogP contribution is -2.13. The zero-order valence-electron chi connectivity index (χ0n) is 9.94. The van der Waals surface area contributed by atoms with Crippen molar-refractivity contribution in [3.63, 3.8) is 0 Å². The van der Waals surface area contributed by atoms with Gasteiger partial charge >= 0.3 is 0 Å². The normalized spacial score (nSPS) is 12.9. The summed E-state index contributed by atoms with van der Waals surface area (Å²) in [7, 11) is 1.68. The molecule has 92 valence electrons. The quantitative estimate of drug-likeness (QED) is 0.712. The maximum absolute atomic E-state index is 5.97. The first-order chi connectivity index (χ1) is 7.77. The van der Waals surface area contributed by atoms with Gasteiger partial charge in [-0.05, 0) is 12.8 Å². The molecule has 0 fully saturated rings. The molecule has 1 aromatic heterocycles. The van der Waals surface area contributed by atoms with Gasteiger partial charge < -0.3 is 15.2 Å². The molecule has 0 aliphatic rings. The van der Waals surface area contributed by atoms with Crippen molar-refractivity contribution in [1.29, 1.82) is 0 Å². The van der Waals surface area contributed by atoms with Crippen LogP contribution in [0.1, 0.15) is 36.5 Å². The molecule has 0 radical (unpaired) electrons. The van der Waals surface area contributed by atoms with Crippen LogP contribution in [-0.4, -0.2) is 25.3 Å². The van der Waals surface area contributed by atoms with E-state index in [0.717, 1.165) is 30.2 Å². The zero-order valence-corrected chi connectivity index (χ0v) is 10.8. The summed E-state index contributed by atoms with van der Waals surface area (Å²) in [6.45, 7) is 4.13. The topological polar surface area (TPSA) is 57.4 Å². The lowest BCUT2D eigenvalue weighted by atomic mass is 10.2. The molecule has 0 spiro atoms. The fraction of sp³-hybridized carbons (Fsp3) is 0.727. The molecule has 16 heavy (non-hydrogen) atoms. The molecule has 0 saturated carbocycles. The van der Waals surface area contributed by atoms with Crippen molar-refractivity contribution in [1.82, 2.24) is 4.98 Å². The Morgan fingerprint density at radius 3 is 3.00 bits per heavy atom. The van der Waals surface area contributed by atoms with Gasteiger partial charge in [-0.1, -0.05) is 6.92 Å². The van der Waals surface area contributed by atoms with Crippen LogP contribution in [-0.2, 0) is 16.1 Å². The van der Waals surface area contributed by atoms with E-state index >= 15 is 0 Å². The zero-order chi connectivity index (χ0) is 11.8. The first-order valence-corrected chi connectivity index (χ1v) is 6.42. The minimum Gasteiger partial charge on any atom is -0.385 e. The summed E-state index contributed by atoms with van der Waals surface area (Å²) in [4.78, 5) is 4.45. The summed E-state index contributed by atoms with van der Waals surface area (Å²) in [5.74, 6) is 0. The van der Waals surface area contributed by atoms with Crippen molar-refractivity contribution in [2.75, 3.05) is 20.3 Å². The summed E-state index contributed by atoms with van der Waals surface area (Å²) >= 11 is 1.60. The molecule has 1 unspecified atom stereocenters. The third kappa shape index (κ3) is 4.57. The molecule has 1 aromatic rings. The Kier molecular flexibility index (Phi) is 6.56. The second-order valence-corrected chi connectivity index (χ2v) is 4.55. The maximum Gasteiger partial charge on any atom is 0.119 e. The van der Waals surface area contributed by atoms with Crippen molar-refractivity contribution in [2.45, 2.75) is 32.4 Å². The van der Waals surface area contributed by atoms with Crippen LogP contribution in [0.15, 0.2) is 5.38 Å². The van der Waals surface area contributed by atoms with Crippen LogP contribution >= 0.6 is 11.3 Å². The van der Waals surface area contributed by atoms with Gasteiger partial charge in [0.15, 0.2) is 0 Å². The fourth-order valence-corrected chi connectivity index (χ4v) is 2.05. The highest BCUT2D eigenvalue weighted by molar-refractivity contribution is 7.09. The average molecular weight is 244 g/mol. The molecule has 0 aromatic carbocycles. The third-order valence-electron chi connectivity index (χ3n) is 2.16. The van der Waals surface area contributed by atoms with Gasteiger partial charge in [0.2, 0.25) is 0 Å². The van der Waals surface area contributed by atoms with E-state index in [-0.39, 0.29) is 6.04 Å². The van der Waals surface area contributed by atoms with Gasteiger partial charge in [-0.3, -0.25) is 0 Å². The number of methoxy groups -OCH3 is 1. The summed E-state index contributed by atoms with van der Waals surface area (Å²) in [6, 6.07) is -0.0314. The van der Waals surface area contributed by atoms with E-state index in [1.54, 1.807) is 18.4 Å². The van der Waals surface area contributed by atoms with Crippen LogP contribution in [0.5, 0.6) is 0 Å². The monoisotopic (exact) mass is 244 g/mol. The highest BCUT2D eigenvalue weighted by atomic mass is 32.1. The smallest absolute Gasteiger partial charge is 0.119 e. The molecule has 0 aliphatic heterocycles. The van der Waals surface area contributed by atoms with Gasteiger partial charge in [-0.15, -0.1) is 11.3 Å².